The molecule has 1 aliphatic rings. The third kappa shape index (κ3) is 4.11. The molecule has 3 aromatic rings. The summed E-state index contributed by atoms with van der Waals surface area (Å²) in [5, 5.41) is 1.18. The second kappa shape index (κ2) is 8.45. The number of hydrogen-bond acceptors (Lipinski definition) is 5. The summed E-state index contributed by atoms with van der Waals surface area (Å²) in [5.41, 5.74) is 1.99. The molecule has 2 heterocycles. The van der Waals surface area contributed by atoms with Crippen molar-refractivity contribution in [2.45, 2.75) is 30.7 Å². The first kappa shape index (κ1) is 21.5. The summed E-state index contributed by atoms with van der Waals surface area (Å²) in [6, 6.07) is 12.2. The number of aromatic nitrogens is 1. The molecule has 1 aliphatic heterocycles. The van der Waals surface area contributed by atoms with Gasteiger partial charge in [0, 0.05) is 33.7 Å². The fourth-order valence-electron chi connectivity index (χ4n) is 3.95. The van der Waals surface area contributed by atoms with Crippen LogP contribution < -0.4 is 0 Å². The lowest BCUT2D eigenvalue weighted by Crippen LogP contribution is -2.41. The van der Waals surface area contributed by atoms with Crippen LogP contribution in [-0.2, 0) is 19.6 Å². The Bertz CT molecular complexity index is 1250. The van der Waals surface area contributed by atoms with Crippen LogP contribution in [0.15, 0.2) is 53.4 Å². The monoisotopic (exact) mass is 460 g/mol. The Labute approximate surface area is 185 Å². The van der Waals surface area contributed by atoms with Crippen LogP contribution >= 0.6 is 11.6 Å². The molecule has 0 bridgehead atoms. The predicted octanol–water partition coefficient (Wildman–Crippen LogP) is 3.71. The van der Waals surface area contributed by atoms with Crippen LogP contribution in [0.4, 0.5) is 0 Å². The second-order valence-electron chi connectivity index (χ2n) is 7.43. The van der Waals surface area contributed by atoms with E-state index < -0.39 is 28.6 Å². The maximum Gasteiger partial charge on any atom is 0.324 e. The number of nitrogens with zero attached hydrogens (tertiary/aromatic N) is 1. The fraction of sp³-hybridized carbons (Fsp3) is 0.273. The number of para-hydroxylation sites is 1. The standard InChI is InChI=1S/C22H21ClN2O5S/c1-14-21(17-5-2-3-6-18(17)24-14)20(26)13-30-22(27)19-7-4-12-25(19)31(28,29)16-10-8-15(23)9-11-16/h2-3,5-6,8-11,19,24H,4,7,12-13H2,1H3/t19-/m0/s1. The van der Waals surface area contributed by atoms with Gasteiger partial charge in [0.1, 0.15) is 6.04 Å². The molecule has 1 aromatic heterocycles. The number of aromatic amines is 1. The molecule has 9 heteroatoms. The van der Waals surface area contributed by atoms with E-state index >= 15 is 0 Å². The summed E-state index contributed by atoms with van der Waals surface area (Å²) in [5.74, 6) is -1.06. The van der Waals surface area contributed by atoms with Crippen LogP contribution in [0, 0.1) is 6.92 Å². The van der Waals surface area contributed by atoms with Crippen molar-refractivity contribution < 1.29 is 22.7 Å². The van der Waals surface area contributed by atoms with Crippen LogP contribution in [0.2, 0.25) is 5.02 Å². The van der Waals surface area contributed by atoms with Crippen molar-refractivity contribution in [1.82, 2.24) is 9.29 Å². The zero-order chi connectivity index (χ0) is 22.2. The number of carbonyl (C=O) groups excluding carboxylic acids is 2. The average molecular weight is 461 g/mol. The number of Topliss-reactive ketones (excluding diaryl/α,β-unsaturated/α-hetero) is 1. The molecule has 4 rings (SSSR count). The van der Waals surface area contributed by atoms with Gasteiger partial charge >= 0.3 is 5.97 Å². The van der Waals surface area contributed by atoms with Crippen LogP contribution in [0.5, 0.6) is 0 Å². The molecule has 1 N–H and O–H groups in total. The number of rotatable bonds is 6. The first-order chi connectivity index (χ1) is 14.8. The average Bonchev–Trinajstić information content (AvgIpc) is 3.36. The SMILES string of the molecule is Cc1[nH]c2ccccc2c1C(=O)COC(=O)[C@@H]1CCCN1S(=O)(=O)c1ccc(Cl)cc1. The Kier molecular flexibility index (Phi) is 5.88. The number of esters is 1. The highest BCUT2D eigenvalue weighted by molar-refractivity contribution is 7.89. The summed E-state index contributed by atoms with van der Waals surface area (Å²) in [6.07, 6.45) is 0.869. The topological polar surface area (TPSA) is 96.5 Å². The van der Waals surface area contributed by atoms with Crippen molar-refractivity contribution in [3.05, 3.63) is 64.8 Å². The number of ketones is 1. The number of halogens is 1. The van der Waals surface area contributed by atoms with Crippen LogP contribution in [-0.4, -0.2) is 48.7 Å². The van der Waals surface area contributed by atoms with Gasteiger partial charge in [-0.2, -0.15) is 4.31 Å². The minimum absolute atomic E-state index is 0.0575. The molecule has 1 atom stereocenters. The van der Waals surface area contributed by atoms with Crippen molar-refractivity contribution in [1.29, 1.82) is 0 Å². The van der Waals surface area contributed by atoms with Crippen LogP contribution in [0.1, 0.15) is 28.9 Å². The molecule has 162 valence electrons. The normalized spacial score (nSPS) is 17.2. The second-order valence-corrected chi connectivity index (χ2v) is 9.76. The number of benzene rings is 2. The van der Waals surface area contributed by atoms with E-state index in [1.807, 2.05) is 24.3 Å². The van der Waals surface area contributed by atoms with Crippen molar-refractivity contribution >= 4 is 44.3 Å². The number of carbonyl (C=O) groups is 2. The van der Waals surface area contributed by atoms with Gasteiger partial charge in [-0.3, -0.25) is 9.59 Å². The predicted molar refractivity (Wildman–Crippen MR) is 117 cm³/mol. The first-order valence-electron chi connectivity index (χ1n) is 9.83. The minimum Gasteiger partial charge on any atom is -0.456 e. The van der Waals surface area contributed by atoms with Gasteiger partial charge in [0.25, 0.3) is 0 Å². The summed E-state index contributed by atoms with van der Waals surface area (Å²) < 4.78 is 32.4. The van der Waals surface area contributed by atoms with E-state index in [2.05, 4.69) is 4.98 Å². The van der Waals surface area contributed by atoms with Gasteiger partial charge in [0.2, 0.25) is 15.8 Å². The lowest BCUT2D eigenvalue weighted by atomic mass is 10.1. The molecule has 0 amide bonds. The van der Waals surface area contributed by atoms with Gasteiger partial charge in [0.15, 0.2) is 6.61 Å². The van der Waals surface area contributed by atoms with Crippen molar-refractivity contribution in [3.8, 4) is 0 Å². The Morgan fingerprint density at radius 1 is 1.16 bits per heavy atom. The molecule has 0 unspecified atom stereocenters. The van der Waals surface area contributed by atoms with E-state index in [1.165, 1.54) is 24.3 Å². The van der Waals surface area contributed by atoms with E-state index in [1.54, 1.807) is 6.92 Å². The molecule has 0 spiro atoms. The maximum absolute atomic E-state index is 13.0. The quantitative estimate of drug-likeness (QED) is 0.446. The molecular weight excluding hydrogens is 440 g/mol. The zero-order valence-corrected chi connectivity index (χ0v) is 18.4. The molecule has 1 fully saturated rings. The van der Waals surface area contributed by atoms with E-state index in [0.717, 1.165) is 15.2 Å². The number of hydrogen-bond donors (Lipinski definition) is 1. The van der Waals surface area contributed by atoms with Gasteiger partial charge in [-0.1, -0.05) is 29.8 Å². The number of ether oxygens (including phenoxy) is 1. The van der Waals surface area contributed by atoms with E-state index in [9.17, 15) is 18.0 Å². The number of nitrogens with one attached hydrogen (secondary N) is 1. The van der Waals surface area contributed by atoms with Crippen molar-refractivity contribution in [3.63, 3.8) is 0 Å². The first-order valence-corrected chi connectivity index (χ1v) is 11.7. The lowest BCUT2D eigenvalue weighted by molar-refractivity contribution is -0.146. The summed E-state index contributed by atoms with van der Waals surface area (Å²) in [4.78, 5) is 28.7. The summed E-state index contributed by atoms with van der Waals surface area (Å²) >= 11 is 5.84. The number of H-pyrrole nitrogens is 1. The molecule has 1 saturated heterocycles. The fourth-order valence-corrected chi connectivity index (χ4v) is 5.72. The number of fused-ring (bicyclic) bond motifs is 1. The van der Waals surface area contributed by atoms with E-state index in [-0.39, 0.29) is 17.2 Å². The molecule has 7 nitrogen and oxygen atoms in total. The third-order valence-corrected chi connectivity index (χ3v) is 7.59. The number of aryl methyl sites for hydroxylation is 1. The van der Waals surface area contributed by atoms with Crippen molar-refractivity contribution in [2.24, 2.45) is 0 Å². The Balaban J connectivity index is 1.48. The highest BCUT2D eigenvalue weighted by Gasteiger charge is 2.40. The van der Waals surface area contributed by atoms with Gasteiger partial charge in [0.05, 0.1) is 4.90 Å². The Morgan fingerprint density at radius 2 is 1.87 bits per heavy atom. The smallest absolute Gasteiger partial charge is 0.324 e. The Morgan fingerprint density at radius 3 is 2.61 bits per heavy atom. The number of sulfonamides is 1. The lowest BCUT2D eigenvalue weighted by Gasteiger charge is -2.22. The molecule has 2 aromatic carbocycles. The molecule has 0 saturated carbocycles. The molecule has 0 radical (unpaired) electrons. The Hall–Kier alpha value is -2.68. The summed E-state index contributed by atoms with van der Waals surface area (Å²) in [7, 11) is -3.88. The zero-order valence-electron chi connectivity index (χ0n) is 16.8. The van der Waals surface area contributed by atoms with Gasteiger partial charge in [-0.15, -0.1) is 0 Å². The van der Waals surface area contributed by atoms with E-state index in [0.29, 0.717) is 29.1 Å². The van der Waals surface area contributed by atoms with Gasteiger partial charge in [-0.05, 0) is 50.1 Å². The maximum atomic E-state index is 13.0. The highest BCUT2D eigenvalue weighted by Crippen LogP contribution is 2.28. The van der Waals surface area contributed by atoms with Crippen LogP contribution in [0.3, 0.4) is 0 Å². The third-order valence-electron chi connectivity index (χ3n) is 5.41. The molecule has 31 heavy (non-hydrogen) atoms. The van der Waals surface area contributed by atoms with Crippen molar-refractivity contribution in [2.75, 3.05) is 13.2 Å². The summed E-state index contributed by atoms with van der Waals surface area (Å²) in [6.45, 7) is 1.54. The molecular formula is C22H21ClN2O5S. The molecule has 0 aliphatic carbocycles. The van der Waals surface area contributed by atoms with Crippen LogP contribution in [0.25, 0.3) is 10.9 Å². The van der Waals surface area contributed by atoms with Gasteiger partial charge < -0.3 is 9.72 Å². The highest BCUT2D eigenvalue weighted by atomic mass is 35.5. The largest absolute Gasteiger partial charge is 0.456 e. The van der Waals surface area contributed by atoms with E-state index in [4.69, 9.17) is 16.3 Å². The van der Waals surface area contributed by atoms with Gasteiger partial charge in [-0.25, -0.2) is 8.42 Å². The minimum atomic E-state index is -3.88.